The van der Waals surface area contributed by atoms with Gasteiger partial charge in [0, 0.05) is 15.7 Å². The van der Waals surface area contributed by atoms with Gasteiger partial charge in [-0.1, -0.05) is 12.1 Å². The van der Waals surface area contributed by atoms with Gasteiger partial charge in [0.2, 0.25) is 0 Å². The summed E-state index contributed by atoms with van der Waals surface area (Å²) in [6, 6.07) is 16.6. The van der Waals surface area contributed by atoms with Crippen molar-refractivity contribution in [3.05, 3.63) is 68.8 Å². The molecular weight excluding hydrogens is 351 g/mol. The van der Waals surface area contributed by atoms with Gasteiger partial charge in [0.25, 0.3) is 5.91 Å². The number of carbonyl (C=O) groups excluding carboxylic acids is 1. The van der Waals surface area contributed by atoms with Gasteiger partial charge in [-0.15, -0.1) is 0 Å². The lowest BCUT2D eigenvalue weighted by Crippen LogP contribution is -2.22. The number of nitrogens with one attached hydrogen (secondary N) is 1. The van der Waals surface area contributed by atoms with Gasteiger partial charge in [0.1, 0.15) is 0 Å². The number of benzene rings is 2. The van der Waals surface area contributed by atoms with Crippen molar-refractivity contribution in [3.8, 4) is 6.07 Å². The predicted octanol–water partition coefficient (Wildman–Crippen LogP) is 3.09. The fourth-order valence-corrected chi connectivity index (χ4v) is 1.94. The second-order valence-corrected chi connectivity index (χ2v) is 5.24. The highest BCUT2D eigenvalue weighted by Gasteiger charge is 2.04. The Morgan fingerprint density at radius 3 is 2.32 bits per heavy atom. The Bertz CT molecular complexity index is 612. The van der Waals surface area contributed by atoms with E-state index in [2.05, 4.69) is 34.0 Å². The molecule has 2 aromatic rings. The number of nitrogens with zero attached hydrogens (tertiary/aromatic N) is 1. The smallest absolute Gasteiger partial charge is 0.251 e. The molecule has 0 fully saturated rings. The first-order valence-electron chi connectivity index (χ1n) is 5.72. The number of hydrogen-bond acceptors (Lipinski definition) is 2. The van der Waals surface area contributed by atoms with E-state index in [1.807, 2.05) is 24.3 Å². The van der Waals surface area contributed by atoms with Gasteiger partial charge < -0.3 is 5.32 Å². The predicted molar refractivity (Wildman–Crippen MR) is 81.5 cm³/mol. The number of hydrogen-bond donors (Lipinski definition) is 1. The summed E-state index contributed by atoms with van der Waals surface area (Å²) in [7, 11) is 0. The second kappa shape index (κ2) is 6.34. The quantitative estimate of drug-likeness (QED) is 0.854. The molecule has 0 heterocycles. The number of amides is 1. The maximum atomic E-state index is 11.9. The Hall–Kier alpha value is -1.87. The number of nitriles is 1. The van der Waals surface area contributed by atoms with Crippen molar-refractivity contribution >= 4 is 28.5 Å². The summed E-state index contributed by atoms with van der Waals surface area (Å²) in [6.45, 7) is 0.455. The maximum absolute atomic E-state index is 11.9. The minimum absolute atomic E-state index is 0.0965. The Balaban J connectivity index is 1.96. The summed E-state index contributed by atoms with van der Waals surface area (Å²) >= 11 is 2.20. The third-order valence-corrected chi connectivity index (χ3v) is 3.36. The average molecular weight is 362 g/mol. The Morgan fingerprint density at radius 1 is 1.11 bits per heavy atom. The second-order valence-electron chi connectivity index (χ2n) is 4.00. The highest BCUT2D eigenvalue weighted by Crippen LogP contribution is 2.07. The monoisotopic (exact) mass is 362 g/mol. The van der Waals surface area contributed by atoms with Gasteiger partial charge in [-0.2, -0.15) is 5.26 Å². The SMILES string of the molecule is N#Cc1ccc(CNC(=O)c2ccc(I)cc2)cc1. The van der Waals surface area contributed by atoms with Crippen LogP contribution in [0.5, 0.6) is 0 Å². The lowest BCUT2D eigenvalue weighted by atomic mass is 10.1. The molecule has 0 radical (unpaired) electrons. The highest BCUT2D eigenvalue weighted by molar-refractivity contribution is 14.1. The molecule has 3 nitrogen and oxygen atoms in total. The van der Waals surface area contributed by atoms with Crippen molar-refractivity contribution in [2.24, 2.45) is 0 Å². The molecule has 4 heteroatoms. The molecule has 0 saturated heterocycles. The van der Waals surface area contributed by atoms with Crippen LogP contribution in [-0.4, -0.2) is 5.91 Å². The van der Waals surface area contributed by atoms with Gasteiger partial charge in [0.05, 0.1) is 11.6 Å². The first kappa shape index (κ1) is 13.6. The lowest BCUT2D eigenvalue weighted by molar-refractivity contribution is 0.0951. The van der Waals surface area contributed by atoms with Gasteiger partial charge in [0.15, 0.2) is 0 Å². The van der Waals surface area contributed by atoms with Crippen LogP contribution < -0.4 is 5.32 Å². The van der Waals surface area contributed by atoms with Crippen LogP contribution in [0.3, 0.4) is 0 Å². The Morgan fingerprint density at radius 2 is 1.74 bits per heavy atom. The van der Waals surface area contributed by atoms with E-state index in [-0.39, 0.29) is 5.91 Å². The van der Waals surface area contributed by atoms with E-state index in [0.29, 0.717) is 17.7 Å². The van der Waals surface area contributed by atoms with E-state index >= 15 is 0 Å². The summed E-state index contributed by atoms with van der Waals surface area (Å²) in [5, 5.41) is 11.5. The fraction of sp³-hybridized carbons (Fsp3) is 0.0667. The highest BCUT2D eigenvalue weighted by atomic mass is 127. The standard InChI is InChI=1S/C15H11IN2O/c16-14-7-5-13(6-8-14)15(19)18-10-12-3-1-11(9-17)2-4-12/h1-8H,10H2,(H,18,19). The zero-order valence-electron chi connectivity index (χ0n) is 10.1. The zero-order chi connectivity index (χ0) is 13.7. The third kappa shape index (κ3) is 3.80. The van der Waals surface area contributed by atoms with Crippen LogP contribution in [0.4, 0.5) is 0 Å². The van der Waals surface area contributed by atoms with Crippen molar-refractivity contribution in [1.29, 1.82) is 5.26 Å². The minimum atomic E-state index is -0.0965. The Kier molecular flexibility index (Phi) is 4.53. The third-order valence-electron chi connectivity index (χ3n) is 2.64. The molecular formula is C15H11IN2O. The zero-order valence-corrected chi connectivity index (χ0v) is 12.2. The van der Waals surface area contributed by atoms with Gasteiger partial charge >= 0.3 is 0 Å². The van der Waals surface area contributed by atoms with Crippen molar-refractivity contribution in [2.45, 2.75) is 6.54 Å². The molecule has 1 amide bonds. The van der Waals surface area contributed by atoms with E-state index in [9.17, 15) is 4.79 Å². The van der Waals surface area contributed by atoms with Crippen LogP contribution in [0.25, 0.3) is 0 Å². The molecule has 94 valence electrons. The molecule has 0 unspecified atom stereocenters. The molecule has 0 bridgehead atoms. The summed E-state index contributed by atoms with van der Waals surface area (Å²) in [4.78, 5) is 11.9. The van der Waals surface area contributed by atoms with E-state index in [4.69, 9.17) is 5.26 Å². The number of halogens is 1. The largest absolute Gasteiger partial charge is 0.348 e. The fourth-order valence-electron chi connectivity index (χ4n) is 1.58. The van der Waals surface area contributed by atoms with E-state index in [1.54, 1.807) is 24.3 Å². The number of rotatable bonds is 3. The van der Waals surface area contributed by atoms with Crippen molar-refractivity contribution in [3.63, 3.8) is 0 Å². The molecule has 2 rings (SSSR count). The Labute approximate surface area is 125 Å². The molecule has 0 saturated carbocycles. The summed E-state index contributed by atoms with van der Waals surface area (Å²) in [5.41, 5.74) is 2.24. The van der Waals surface area contributed by atoms with Crippen LogP contribution >= 0.6 is 22.6 Å². The molecule has 0 aromatic heterocycles. The topological polar surface area (TPSA) is 52.9 Å². The number of carbonyl (C=O) groups is 1. The van der Waals surface area contributed by atoms with Crippen molar-refractivity contribution in [2.75, 3.05) is 0 Å². The van der Waals surface area contributed by atoms with E-state index < -0.39 is 0 Å². The summed E-state index contributed by atoms with van der Waals surface area (Å²) < 4.78 is 1.10. The van der Waals surface area contributed by atoms with Crippen LogP contribution in [0.1, 0.15) is 21.5 Å². The molecule has 1 N–H and O–H groups in total. The van der Waals surface area contributed by atoms with E-state index in [0.717, 1.165) is 9.13 Å². The van der Waals surface area contributed by atoms with Crippen molar-refractivity contribution < 1.29 is 4.79 Å². The summed E-state index contributed by atoms with van der Waals surface area (Å²) in [5.74, 6) is -0.0965. The molecule has 0 atom stereocenters. The minimum Gasteiger partial charge on any atom is -0.348 e. The van der Waals surface area contributed by atoms with E-state index in [1.165, 1.54) is 0 Å². The normalized spacial score (nSPS) is 9.68. The average Bonchev–Trinajstić information content (AvgIpc) is 2.46. The molecule has 0 aliphatic heterocycles. The van der Waals surface area contributed by atoms with Gasteiger partial charge in [-0.05, 0) is 64.6 Å². The molecule has 19 heavy (non-hydrogen) atoms. The molecule has 0 aliphatic carbocycles. The van der Waals surface area contributed by atoms with Crippen molar-refractivity contribution in [1.82, 2.24) is 5.32 Å². The van der Waals surface area contributed by atoms with Crippen LogP contribution in [0, 0.1) is 14.9 Å². The van der Waals surface area contributed by atoms with Gasteiger partial charge in [-0.25, -0.2) is 0 Å². The first-order chi connectivity index (χ1) is 9.19. The van der Waals surface area contributed by atoms with Gasteiger partial charge in [-0.3, -0.25) is 4.79 Å². The lowest BCUT2D eigenvalue weighted by Gasteiger charge is -2.05. The van der Waals surface area contributed by atoms with Crippen LogP contribution in [-0.2, 0) is 6.54 Å². The van der Waals surface area contributed by atoms with Crippen LogP contribution in [0.2, 0.25) is 0 Å². The molecule has 0 aliphatic rings. The van der Waals surface area contributed by atoms with Crippen LogP contribution in [0.15, 0.2) is 48.5 Å². The summed E-state index contributed by atoms with van der Waals surface area (Å²) in [6.07, 6.45) is 0. The maximum Gasteiger partial charge on any atom is 0.251 e. The molecule has 2 aromatic carbocycles. The molecule has 0 spiro atoms. The first-order valence-corrected chi connectivity index (χ1v) is 6.80.